The van der Waals surface area contributed by atoms with E-state index in [4.69, 9.17) is 0 Å². The van der Waals surface area contributed by atoms with Crippen molar-refractivity contribution >= 4 is 129 Å². The molecule has 0 unspecified atom stereocenters. The van der Waals surface area contributed by atoms with Gasteiger partial charge >= 0.3 is 0 Å². The zero-order valence-electron chi connectivity index (χ0n) is 36.0. The van der Waals surface area contributed by atoms with Crippen LogP contribution in [0.3, 0.4) is 0 Å². The average Bonchev–Trinajstić information content (AvgIpc) is 3.85. The van der Waals surface area contributed by atoms with Crippen LogP contribution in [0.5, 0.6) is 0 Å². The fourth-order valence-corrected chi connectivity index (χ4v) is 13.8. The Hall–Kier alpha value is -6.98. The largest absolute Gasteiger partial charge is 0.309 e. The molecule has 2 nitrogen and oxygen atoms in total. The Balaban J connectivity index is 1.01. The van der Waals surface area contributed by atoms with Crippen molar-refractivity contribution in [3.05, 3.63) is 204 Å². The van der Waals surface area contributed by atoms with E-state index in [-0.39, 0.29) is 10.8 Å². The topological polar surface area (TPSA) is 6.48 Å². The fourth-order valence-electron chi connectivity index (χ4n) is 11.5. The van der Waals surface area contributed by atoms with Crippen LogP contribution in [0.2, 0.25) is 0 Å². The van der Waals surface area contributed by atoms with E-state index >= 15 is 0 Å². The Morgan fingerprint density at radius 2 is 0.625 bits per heavy atom. The molecule has 0 atom stereocenters. The quantitative estimate of drug-likeness (QED) is 0.171. The van der Waals surface area contributed by atoms with Gasteiger partial charge in [-0.1, -0.05) is 137 Å². The Kier molecular flexibility index (Phi) is 7.31. The molecule has 0 N–H and O–H groups in total. The Morgan fingerprint density at radius 1 is 0.281 bits per heavy atom. The van der Waals surface area contributed by atoms with Crippen molar-refractivity contribution in [3.63, 3.8) is 0 Å². The lowest BCUT2D eigenvalue weighted by molar-refractivity contribution is 0.633. The SMILES string of the molecule is CC1(C)c2ccccc2N(c2cccc3c(N4c5ccccc5C(C)(C)c5cc6c(cc54)sc4cc5ccccc5cc46)cccc23)c2cc3sc4cc5ccccc5cc4c3cc21. The standard InChI is InChI=1S/C60H42N2S2/c1-59(2)45-21-9-11-23-51(45)61(53-33-57-43(31-47(53)59)41-27-35-15-5-7-17-37(35)29-55(41)63-57)49-25-13-20-40-39(49)19-14-26-50(40)62-52-24-12-10-22-46(52)60(3,4)48-32-44-42-28-36-16-6-8-18-38(36)30-56(42)64-58(44)34-54(48)62/h5-34H,1-4H3. The van der Waals surface area contributed by atoms with Crippen LogP contribution in [0, 0.1) is 0 Å². The lowest BCUT2D eigenvalue weighted by Crippen LogP contribution is -2.31. The molecule has 2 aliphatic heterocycles. The van der Waals surface area contributed by atoms with E-state index in [1.54, 1.807) is 0 Å². The molecule has 2 aliphatic rings. The van der Waals surface area contributed by atoms with Gasteiger partial charge in [0, 0.05) is 61.9 Å². The van der Waals surface area contributed by atoms with Crippen LogP contribution in [0.25, 0.3) is 72.7 Å². The van der Waals surface area contributed by atoms with E-state index in [0.29, 0.717) is 0 Å². The smallest absolute Gasteiger partial charge is 0.0541 e. The maximum Gasteiger partial charge on any atom is 0.0541 e. The van der Waals surface area contributed by atoms with E-state index in [1.165, 1.54) is 129 Å². The summed E-state index contributed by atoms with van der Waals surface area (Å²) < 4.78 is 5.30. The average molecular weight is 855 g/mol. The molecule has 12 aromatic rings. The van der Waals surface area contributed by atoms with Crippen molar-refractivity contribution in [2.45, 2.75) is 38.5 Å². The van der Waals surface area contributed by atoms with Crippen molar-refractivity contribution < 1.29 is 0 Å². The van der Waals surface area contributed by atoms with Crippen LogP contribution < -0.4 is 9.80 Å². The molecule has 0 saturated carbocycles. The van der Waals surface area contributed by atoms with Gasteiger partial charge in [-0.15, -0.1) is 22.7 Å². The van der Waals surface area contributed by atoms with Crippen LogP contribution in [-0.2, 0) is 10.8 Å². The molecule has 0 bridgehead atoms. The number of nitrogens with zero attached hydrogens (tertiary/aromatic N) is 2. The Morgan fingerprint density at radius 3 is 1.06 bits per heavy atom. The van der Waals surface area contributed by atoms with Crippen molar-refractivity contribution in [2.24, 2.45) is 0 Å². The Labute approximate surface area is 379 Å². The summed E-state index contributed by atoms with van der Waals surface area (Å²) in [6.45, 7) is 9.62. The van der Waals surface area contributed by atoms with Crippen LogP contribution in [-0.4, -0.2) is 0 Å². The second-order valence-electron chi connectivity index (χ2n) is 18.9. The molecular formula is C60H42N2S2. The summed E-state index contributed by atoms with van der Waals surface area (Å²) in [5, 5.41) is 12.9. The lowest BCUT2D eigenvalue weighted by atomic mass is 9.73. The molecule has 0 spiro atoms. The van der Waals surface area contributed by atoms with Gasteiger partial charge in [0.1, 0.15) is 0 Å². The third kappa shape index (κ3) is 4.90. The number of thiophene rings is 2. The number of hydrogen-bond donors (Lipinski definition) is 0. The zero-order chi connectivity index (χ0) is 42.6. The highest BCUT2D eigenvalue weighted by atomic mass is 32.1. The summed E-state index contributed by atoms with van der Waals surface area (Å²) in [6.07, 6.45) is 0. The number of fused-ring (bicyclic) bond motifs is 13. The highest BCUT2D eigenvalue weighted by Crippen LogP contribution is 2.58. The molecule has 10 aromatic carbocycles. The molecule has 0 fully saturated rings. The first-order chi connectivity index (χ1) is 31.2. The summed E-state index contributed by atoms with van der Waals surface area (Å²) in [4.78, 5) is 5.13. The monoisotopic (exact) mass is 854 g/mol. The molecule has 0 aliphatic carbocycles. The van der Waals surface area contributed by atoms with Gasteiger partial charge in [0.25, 0.3) is 0 Å². The van der Waals surface area contributed by atoms with Gasteiger partial charge in [-0.2, -0.15) is 0 Å². The third-order valence-corrected chi connectivity index (χ3v) is 17.0. The molecule has 0 saturated heterocycles. The highest BCUT2D eigenvalue weighted by Gasteiger charge is 2.40. The molecule has 0 radical (unpaired) electrons. The van der Waals surface area contributed by atoms with E-state index in [9.17, 15) is 0 Å². The van der Waals surface area contributed by atoms with Crippen molar-refractivity contribution in [1.29, 1.82) is 0 Å². The first-order valence-electron chi connectivity index (χ1n) is 22.3. The van der Waals surface area contributed by atoms with Gasteiger partial charge in [0.05, 0.1) is 34.1 Å². The summed E-state index contributed by atoms with van der Waals surface area (Å²) in [6, 6.07) is 69.1. The minimum atomic E-state index is -0.212. The van der Waals surface area contributed by atoms with Crippen LogP contribution >= 0.6 is 22.7 Å². The van der Waals surface area contributed by atoms with Crippen molar-refractivity contribution in [2.75, 3.05) is 9.80 Å². The second kappa shape index (κ2) is 12.8. The van der Waals surface area contributed by atoms with Gasteiger partial charge in [-0.3, -0.25) is 0 Å². The van der Waals surface area contributed by atoms with Crippen LogP contribution in [0.15, 0.2) is 182 Å². The molecule has 304 valence electrons. The molecule has 0 amide bonds. The van der Waals surface area contributed by atoms with E-state index in [2.05, 4.69) is 219 Å². The van der Waals surface area contributed by atoms with Crippen LogP contribution in [0.1, 0.15) is 49.9 Å². The van der Waals surface area contributed by atoms with Gasteiger partial charge in [0.2, 0.25) is 0 Å². The van der Waals surface area contributed by atoms with E-state index in [1.807, 2.05) is 22.7 Å². The zero-order valence-corrected chi connectivity index (χ0v) is 37.7. The summed E-state index contributed by atoms with van der Waals surface area (Å²) in [5.74, 6) is 0. The third-order valence-electron chi connectivity index (χ3n) is 14.7. The van der Waals surface area contributed by atoms with Crippen LogP contribution in [0.4, 0.5) is 34.1 Å². The molecule has 14 rings (SSSR count). The fraction of sp³-hybridized carbons (Fsp3) is 0.100. The predicted molar refractivity (Wildman–Crippen MR) is 278 cm³/mol. The molecule has 4 heteroatoms. The van der Waals surface area contributed by atoms with E-state index in [0.717, 1.165) is 0 Å². The summed E-state index contributed by atoms with van der Waals surface area (Å²) in [5.41, 5.74) is 12.3. The lowest BCUT2D eigenvalue weighted by Gasteiger charge is -2.43. The van der Waals surface area contributed by atoms with Crippen molar-refractivity contribution in [1.82, 2.24) is 0 Å². The number of para-hydroxylation sites is 2. The number of rotatable bonds is 2. The molecular weight excluding hydrogens is 813 g/mol. The van der Waals surface area contributed by atoms with Gasteiger partial charge < -0.3 is 9.80 Å². The van der Waals surface area contributed by atoms with Gasteiger partial charge in [-0.25, -0.2) is 0 Å². The first-order valence-corrected chi connectivity index (χ1v) is 24.0. The number of hydrogen-bond acceptors (Lipinski definition) is 4. The van der Waals surface area contributed by atoms with Gasteiger partial charge in [0.15, 0.2) is 0 Å². The minimum Gasteiger partial charge on any atom is -0.309 e. The van der Waals surface area contributed by atoms with Crippen molar-refractivity contribution in [3.8, 4) is 0 Å². The maximum absolute atomic E-state index is 2.56. The molecule has 2 aromatic heterocycles. The van der Waals surface area contributed by atoms with E-state index < -0.39 is 0 Å². The normalized spacial score (nSPS) is 15.1. The summed E-state index contributed by atoms with van der Waals surface area (Å²) >= 11 is 3.82. The number of benzene rings is 10. The first kappa shape index (κ1) is 36.5. The Bertz CT molecular complexity index is 3740. The molecule has 4 heterocycles. The maximum atomic E-state index is 2.56. The highest BCUT2D eigenvalue weighted by molar-refractivity contribution is 7.26. The van der Waals surface area contributed by atoms with Gasteiger partial charge in [-0.05, 0) is 117 Å². The minimum absolute atomic E-state index is 0.212. The number of anilines is 6. The summed E-state index contributed by atoms with van der Waals surface area (Å²) in [7, 11) is 0. The molecule has 64 heavy (non-hydrogen) atoms. The second-order valence-corrected chi connectivity index (χ2v) is 21.1. The predicted octanol–water partition coefficient (Wildman–Crippen LogP) is 18.1.